The Morgan fingerprint density at radius 2 is 2.00 bits per heavy atom. The summed E-state index contributed by atoms with van der Waals surface area (Å²) in [6.45, 7) is 3.09. The predicted molar refractivity (Wildman–Crippen MR) is 77.0 cm³/mol. The van der Waals surface area contributed by atoms with E-state index in [0.717, 1.165) is 12.8 Å². The van der Waals surface area contributed by atoms with E-state index in [4.69, 9.17) is 10.6 Å². The molecule has 0 bridgehead atoms. The third-order valence-corrected chi connectivity index (χ3v) is 3.79. The molecule has 1 saturated heterocycles. The molecular formula is C13H25N5O2. The number of carbonyl (C=O) groups is 1. The van der Waals surface area contributed by atoms with Crippen LogP contribution in [-0.2, 0) is 9.53 Å². The normalized spacial score (nSPS) is 21.1. The molecule has 1 aliphatic heterocycles. The van der Waals surface area contributed by atoms with Crippen molar-refractivity contribution in [1.82, 2.24) is 15.6 Å². The Labute approximate surface area is 119 Å². The molecule has 20 heavy (non-hydrogen) atoms. The van der Waals surface area contributed by atoms with Gasteiger partial charge in [0.1, 0.15) is 0 Å². The van der Waals surface area contributed by atoms with Crippen molar-refractivity contribution in [2.75, 3.05) is 32.8 Å². The smallest absolute Gasteiger partial charge is 0.224 e. The van der Waals surface area contributed by atoms with E-state index in [9.17, 15) is 4.79 Å². The van der Waals surface area contributed by atoms with Gasteiger partial charge in [0.2, 0.25) is 11.9 Å². The van der Waals surface area contributed by atoms with Crippen LogP contribution in [0.15, 0.2) is 4.99 Å². The summed E-state index contributed by atoms with van der Waals surface area (Å²) in [5, 5.41) is 3.29. The SMILES string of the molecule is NNC(=NCCC(=O)N1CCOCC1)NC1CCCC1. The van der Waals surface area contributed by atoms with E-state index in [0.29, 0.717) is 51.3 Å². The van der Waals surface area contributed by atoms with E-state index < -0.39 is 0 Å². The quantitative estimate of drug-likeness (QED) is 0.282. The Morgan fingerprint density at radius 1 is 1.30 bits per heavy atom. The zero-order valence-electron chi connectivity index (χ0n) is 11.9. The van der Waals surface area contributed by atoms with E-state index in [1.165, 1.54) is 12.8 Å². The van der Waals surface area contributed by atoms with E-state index >= 15 is 0 Å². The van der Waals surface area contributed by atoms with Gasteiger partial charge in [-0.25, -0.2) is 5.84 Å². The molecule has 4 N–H and O–H groups in total. The van der Waals surface area contributed by atoms with Crippen molar-refractivity contribution in [2.24, 2.45) is 10.8 Å². The highest BCUT2D eigenvalue weighted by molar-refractivity contribution is 5.80. The highest BCUT2D eigenvalue weighted by Gasteiger charge is 2.17. The topological polar surface area (TPSA) is 92.0 Å². The lowest BCUT2D eigenvalue weighted by Crippen LogP contribution is -2.46. The van der Waals surface area contributed by atoms with Crippen molar-refractivity contribution >= 4 is 11.9 Å². The number of morpholine rings is 1. The van der Waals surface area contributed by atoms with Crippen LogP contribution >= 0.6 is 0 Å². The summed E-state index contributed by atoms with van der Waals surface area (Å²) in [5.41, 5.74) is 2.58. The minimum absolute atomic E-state index is 0.134. The molecule has 1 amide bonds. The molecule has 0 spiro atoms. The van der Waals surface area contributed by atoms with Crippen molar-refractivity contribution in [2.45, 2.75) is 38.1 Å². The predicted octanol–water partition coefficient (Wildman–Crippen LogP) is -0.413. The molecule has 1 aliphatic carbocycles. The fourth-order valence-corrected chi connectivity index (χ4v) is 2.63. The van der Waals surface area contributed by atoms with Gasteiger partial charge >= 0.3 is 0 Å². The molecule has 1 heterocycles. The summed E-state index contributed by atoms with van der Waals surface area (Å²) in [5.74, 6) is 6.18. The second-order valence-corrected chi connectivity index (χ2v) is 5.24. The Morgan fingerprint density at radius 3 is 2.65 bits per heavy atom. The lowest BCUT2D eigenvalue weighted by atomic mass is 10.2. The molecule has 1 saturated carbocycles. The van der Waals surface area contributed by atoms with E-state index in [2.05, 4.69) is 15.7 Å². The standard InChI is InChI=1S/C13H25N5O2/c14-17-13(16-11-3-1-2-4-11)15-6-5-12(19)18-7-9-20-10-8-18/h11H,1-10,14H2,(H2,15,16,17). The van der Waals surface area contributed by atoms with Crippen LogP contribution in [0.2, 0.25) is 0 Å². The van der Waals surface area contributed by atoms with Crippen LogP contribution in [-0.4, -0.2) is 55.7 Å². The number of nitrogens with two attached hydrogens (primary N) is 1. The maximum atomic E-state index is 11.9. The van der Waals surface area contributed by atoms with Gasteiger partial charge in [-0.1, -0.05) is 12.8 Å². The third-order valence-electron chi connectivity index (χ3n) is 3.79. The number of nitrogens with one attached hydrogen (secondary N) is 2. The van der Waals surface area contributed by atoms with Crippen LogP contribution in [0.3, 0.4) is 0 Å². The number of rotatable bonds is 4. The number of amides is 1. The van der Waals surface area contributed by atoms with Crippen LogP contribution in [0, 0.1) is 0 Å². The monoisotopic (exact) mass is 283 g/mol. The van der Waals surface area contributed by atoms with Gasteiger partial charge in [0, 0.05) is 25.6 Å². The first-order valence-corrected chi connectivity index (χ1v) is 7.42. The van der Waals surface area contributed by atoms with Gasteiger partial charge in [-0.15, -0.1) is 0 Å². The first-order chi connectivity index (χ1) is 9.79. The van der Waals surface area contributed by atoms with Crippen molar-refractivity contribution in [1.29, 1.82) is 0 Å². The Balaban J connectivity index is 1.70. The van der Waals surface area contributed by atoms with Crippen LogP contribution in [0.4, 0.5) is 0 Å². The molecule has 114 valence electrons. The summed E-state index contributed by atoms with van der Waals surface area (Å²) < 4.78 is 5.23. The van der Waals surface area contributed by atoms with Gasteiger partial charge < -0.3 is 15.0 Å². The van der Waals surface area contributed by atoms with Crippen molar-refractivity contribution < 1.29 is 9.53 Å². The summed E-state index contributed by atoms with van der Waals surface area (Å²) in [7, 11) is 0. The second-order valence-electron chi connectivity index (χ2n) is 5.24. The van der Waals surface area contributed by atoms with Crippen LogP contribution < -0.4 is 16.6 Å². The lowest BCUT2D eigenvalue weighted by Gasteiger charge is -2.26. The highest BCUT2D eigenvalue weighted by Crippen LogP contribution is 2.17. The summed E-state index contributed by atoms with van der Waals surface area (Å²) in [6.07, 6.45) is 5.24. The lowest BCUT2D eigenvalue weighted by molar-refractivity contribution is -0.135. The number of hydrogen-bond donors (Lipinski definition) is 3. The molecular weight excluding hydrogens is 258 g/mol. The van der Waals surface area contributed by atoms with E-state index in [1.807, 2.05) is 4.90 Å². The fourth-order valence-electron chi connectivity index (χ4n) is 2.63. The Kier molecular flexibility index (Phi) is 6.07. The minimum Gasteiger partial charge on any atom is -0.378 e. The highest BCUT2D eigenvalue weighted by atomic mass is 16.5. The van der Waals surface area contributed by atoms with Crippen LogP contribution in [0.1, 0.15) is 32.1 Å². The fraction of sp³-hybridized carbons (Fsp3) is 0.846. The molecule has 0 radical (unpaired) electrons. The van der Waals surface area contributed by atoms with Gasteiger partial charge in [0.05, 0.1) is 19.8 Å². The second kappa shape index (κ2) is 8.06. The maximum absolute atomic E-state index is 11.9. The molecule has 0 unspecified atom stereocenters. The number of guanidine groups is 1. The van der Waals surface area contributed by atoms with Crippen LogP contribution in [0.5, 0.6) is 0 Å². The van der Waals surface area contributed by atoms with Gasteiger partial charge in [-0.3, -0.25) is 15.2 Å². The summed E-state index contributed by atoms with van der Waals surface area (Å²) >= 11 is 0. The molecule has 0 aromatic carbocycles. The third kappa shape index (κ3) is 4.64. The minimum atomic E-state index is 0.134. The first kappa shape index (κ1) is 15.1. The first-order valence-electron chi connectivity index (χ1n) is 7.42. The average molecular weight is 283 g/mol. The van der Waals surface area contributed by atoms with Gasteiger partial charge in [0.25, 0.3) is 0 Å². The average Bonchev–Trinajstić information content (AvgIpc) is 3.00. The van der Waals surface area contributed by atoms with E-state index in [-0.39, 0.29) is 5.91 Å². The summed E-state index contributed by atoms with van der Waals surface area (Å²) in [6, 6.07) is 0.458. The van der Waals surface area contributed by atoms with Crippen molar-refractivity contribution in [3.8, 4) is 0 Å². The summed E-state index contributed by atoms with van der Waals surface area (Å²) in [4.78, 5) is 18.1. The number of nitrogens with zero attached hydrogens (tertiary/aromatic N) is 2. The van der Waals surface area contributed by atoms with Crippen molar-refractivity contribution in [3.63, 3.8) is 0 Å². The molecule has 0 aromatic rings. The zero-order chi connectivity index (χ0) is 14.2. The van der Waals surface area contributed by atoms with E-state index in [1.54, 1.807) is 0 Å². The number of ether oxygens (including phenoxy) is 1. The molecule has 0 atom stereocenters. The molecule has 0 aromatic heterocycles. The molecule has 2 aliphatic rings. The number of aliphatic imine (C=N–C) groups is 1. The molecule has 2 rings (SSSR count). The van der Waals surface area contributed by atoms with Crippen LogP contribution in [0.25, 0.3) is 0 Å². The zero-order valence-corrected chi connectivity index (χ0v) is 11.9. The van der Waals surface area contributed by atoms with Gasteiger partial charge in [-0.05, 0) is 12.8 Å². The van der Waals surface area contributed by atoms with Gasteiger partial charge in [0.15, 0.2) is 0 Å². The van der Waals surface area contributed by atoms with Crippen molar-refractivity contribution in [3.05, 3.63) is 0 Å². The molecule has 2 fully saturated rings. The number of hydrazine groups is 1. The number of hydrogen-bond acceptors (Lipinski definition) is 4. The Hall–Kier alpha value is -1.34. The Bertz CT molecular complexity index is 336. The number of carbonyl (C=O) groups excluding carboxylic acids is 1. The van der Waals surface area contributed by atoms with Gasteiger partial charge in [-0.2, -0.15) is 0 Å². The largest absolute Gasteiger partial charge is 0.378 e. The molecule has 7 heteroatoms. The molecule has 7 nitrogen and oxygen atoms in total. The maximum Gasteiger partial charge on any atom is 0.224 e.